The summed E-state index contributed by atoms with van der Waals surface area (Å²) in [6, 6.07) is 38.9. The summed E-state index contributed by atoms with van der Waals surface area (Å²) >= 11 is 0. The minimum absolute atomic E-state index is 0.0295. The van der Waals surface area contributed by atoms with Crippen molar-refractivity contribution in [3.8, 4) is 16.8 Å². The number of benzene rings is 5. The summed E-state index contributed by atoms with van der Waals surface area (Å²) < 4.78 is 2.41. The number of allylic oxidation sites excluding steroid dienone is 3. The Bertz CT molecular complexity index is 2430. The molecule has 1 aliphatic carbocycles. The largest absolute Gasteiger partial charge is 0.309 e. The van der Waals surface area contributed by atoms with E-state index >= 15 is 0 Å². The van der Waals surface area contributed by atoms with Gasteiger partial charge in [-0.05, 0) is 99.8 Å². The van der Waals surface area contributed by atoms with E-state index in [9.17, 15) is 0 Å². The molecule has 0 spiro atoms. The molecule has 5 aromatic carbocycles. The predicted molar refractivity (Wildman–Crippen MR) is 197 cm³/mol. The first-order valence-electron chi connectivity index (χ1n) is 17.3. The van der Waals surface area contributed by atoms with Crippen LogP contribution in [0.3, 0.4) is 0 Å². The highest BCUT2D eigenvalue weighted by atomic mass is 15.2. The first kappa shape index (κ1) is 27.3. The summed E-state index contributed by atoms with van der Waals surface area (Å²) in [4.78, 5) is 2.71. The average molecular weight is 609 g/mol. The van der Waals surface area contributed by atoms with Crippen molar-refractivity contribution in [1.82, 2.24) is 4.57 Å². The lowest BCUT2D eigenvalue weighted by molar-refractivity contribution is 0.516. The van der Waals surface area contributed by atoms with Gasteiger partial charge in [0.05, 0.1) is 28.1 Å². The van der Waals surface area contributed by atoms with Gasteiger partial charge in [0.15, 0.2) is 0 Å². The van der Waals surface area contributed by atoms with E-state index in [-0.39, 0.29) is 16.2 Å². The zero-order chi connectivity index (χ0) is 32.0. The zero-order valence-corrected chi connectivity index (χ0v) is 28.2. The van der Waals surface area contributed by atoms with Gasteiger partial charge in [-0.3, -0.25) is 0 Å². The van der Waals surface area contributed by atoms with Crippen LogP contribution in [0.25, 0.3) is 38.6 Å². The second kappa shape index (κ2) is 8.75. The molecule has 10 rings (SSSR count). The molecule has 1 aromatic heterocycles. The molecular weight excluding hydrogens is 569 g/mol. The van der Waals surface area contributed by atoms with Gasteiger partial charge in [-0.25, -0.2) is 0 Å². The van der Waals surface area contributed by atoms with E-state index in [4.69, 9.17) is 0 Å². The summed E-state index contributed by atoms with van der Waals surface area (Å²) in [6.07, 6.45) is 4.77. The van der Waals surface area contributed by atoms with Crippen molar-refractivity contribution < 1.29 is 0 Å². The van der Waals surface area contributed by atoms with Crippen LogP contribution in [0.1, 0.15) is 76.6 Å². The monoisotopic (exact) mass is 608 g/mol. The maximum atomic E-state index is 2.71. The highest BCUT2D eigenvalue weighted by Gasteiger charge is 2.53. The van der Waals surface area contributed by atoms with Crippen LogP contribution in [0, 0.1) is 0 Å². The molecule has 3 aliphatic heterocycles. The van der Waals surface area contributed by atoms with Crippen LogP contribution in [0.5, 0.6) is 0 Å². The van der Waals surface area contributed by atoms with E-state index in [2.05, 4.69) is 160 Å². The Morgan fingerprint density at radius 3 is 1.98 bits per heavy atom. The molecule has 6 aromatic rings. The molecule has 0 radical (unpaired) electrons. The highest BCUT2D eigenvalue weighted by Crippen LogP contribution is 2.66. The minimum Gasteiger partial charge on any atom is -0.309 e. The SMILES string of the molecule is CC1(C)C2=CCCC3=C2N2c4c1cccc4C(C)(C)c1cc(-c4ccc5c(c4)c4ccccc4n5-c4ccccc4)cc(c12)C3(C)C. The molecular formula is C45H40N2. The van der Waals surface area contributed by atoms with Gasteiger partial charge < -0.3 is 9.47 Å². The molecule has 0 amide bonds. The highest BCUT2D eigenvalue weighted by molar-refractivity contribution is 6.10. The van der Waals surface area contributed by atoms with Crippen LogP contribution in [0.2, 0.25) is 0 Å². The molecule has 2 heteroatoms. The fourth-order valence-electron chi connectivity index (χ4n) is 9.74. The summed E-state index contributed by atoms with van der Waals surface area (Å²) in [5.74, 6) is 0. The molecule has 0 N–H and O–H groups in total. The van der Waals surface area contributed by atoms with E-state index in [1.54, 1.807) is 5.57 Å². The molecule has 0 fully saturated rings. The summed E-state index contributed by atoms with van der Waals surface area (Å²) in [5, 5.41) is 2.59. The molecule has 4 aliphatic rings. The third-order valence-corrected chi connectivity index (χ3v) is 12.2. The Balaban J connectivity index is 1.26. The third-order valence-electron chi connectivity index (χ3n) is 12.2. The second-order valence-electron chi connectivity index (χ2n) is 15.7. The number of hydrogen-bond acceptors (Lipinski definition) is 1. The van der Waals surface area contributed by atoms with Crippen molar-refractivity contribution in [2.45, 2.75) is 70.6 Å². The first-order chi connectivity index (χ1) is 22.6. The first-order valence-corrected chi connectivity index (χ1v) is 17.3. The number of anilines is 2. The molecule has 0 saturated carbocycles. The lowest BCUT2D eigenvalue weighted by Crippen LogP contribution is -2.47. The Hall–Kier alpha value is -4.82. The Labute approximate surface area is 277 Å². The maximum absolute atomic E-state index is 2.71. The van der Waals surface area contributed by atoms with E-state index in [1.165, 1.54) is 83.5 Å². The molecule has 0 unspecified atom stereocenters. The average Bonchev–Trinajstić information content (AvgIpc) is 3.41. The second-order valence-corrected chi connectivity index (χ2v) is 15.7. The van der Waals surface area contributed by atoms with Gasteiger partial charge in [-0.15, -0.1) is 0 Å². The van der Waals surface area contributed by atoms with Crippen molar-refractivity contribution in [3.05, 3.63) is 148 Å². The molecule has 230 valence electrons. The van der Waals surface area contributed by atoms with Gasteiger partial charge in [0.2, 0.25) is 0 Å². The molecule has 0 atom stereocenters. The summed E-state index contributed by atoms with van der Waals surface area (Å²) in [5.41, 5.74) is 19.3. The number of nitrogens with zero attached hydrogens (tertiary/aromatic N) is 2. The van der Waals surface area contributed by atoms with E-state index in [0.29, 0.717) is 0 Å². The number of hydrogen-bond donors (Lipinski definition) is 0. The Kier molecular flexibility index (Phi) is 5.08. The third kappa shape index (κ3) is 3.26. The van der Waals surface area contributed by atoms with E-state index in [1.807, 2.05) is 0 Å². The number of rotatable bonds is 2. The van der Waals surface area contributed by atoms with Crippen LogP contribution in [0.4, 0.5) is 11.4 Å². The maximum Gasteiger partial charge on any atom is 0.0544 e. The van der Waals surface area contributed by atoms with E-state index in [0.717, 1.165) is 12.8 Å². The van der Waals surface area contributed by atoms with Crippen molar-refractivity contribution in [2.75, 3.05) is 4.90 Å². The van der Waals surface area contributed by atoms with Gasteiger partial charge in [-0.2, -0.15) is 0 Å². The van der Waals surface area contributed by atoms with Crippen molar-refractivity contribution in [3.63, 3.8) is 0 Å². The molecule has 0 saturated heterocycles. The Morgan fingerprint density at radius 2 is 1.19 bits per heavy atom. The van der Waals surface area contributed by atoms with Crippen LogP contribution in [-0.2, 0) is 16.2 Å². The van der Waals surface area contributed by atoms with Crippen molar-refractivity contribution in [2.24, 2.45) is 0 Å². The lowest BCUT2D eigenvalue weighted by Gasteiger charge is -2.57. The van der Waals surface area contributed by atoms with Crippen LogP contribution >= 0.6 is 0 Å². The lowest BCUT2D eigenvalue weighted by atomic mass is 9.58. The van der Waals surface area contributed by atoms with Gasteiger partial charge in [0.25, 0.3) is 0 Å². The van der Waals surface area contributed by atoms with Gasteiger partial charge >= 0.3 is 0 Å². The number of aromatic nitrogens is 1. The minimum atomic E-state index is -0.143. The van der Waals surface area contributed by atoms with Gasteiger partial charge in [0.1, 0.15) is 0 Å². The fourth-order valence-corrected chi connectivity index (χ4v) is 9.74. The van der Waals surface area contributed by atoms with Gasteiger partial charge in [0, 0.05) is 32.7 Å². The Morgan fingerprint density at radius 1 is 0.532 bits per heavy atom. The quantitative estimate of drug-likeness (QED) is 0.190. The van der Waals surface area contributed by atoms with Crippen molar-refractivity contribution >= 4 is 33.2 Å². The molecule has 47 heavy (non-hydrogen) atoms. The standard InChI is InChI=1S/C45H40N2/c1-43(2)32-17-12-19-34-40(32)47-41-33(43)18-13-20-35(41)45(5,6)37-26-28(25-36(42(37)47)44(34,3)4)27-22-23-39-31(24-27)30-16-10-11-21-38(30)46(39)29-14-8-7-9-15-29/h7-12,14-19,21-26H,13,20H2,1-6H3. The summed E-state index contributed by atoms with van der Waals surface area (Å²) in [6.45, 7) is 14.8. The van der Waals surface area contributed by atoms with Crippen LogP contribution < -0.4 is 4.90 Å². The van der Waals surface area contributed by atoms with Gasteiger partial charge in [-0.1, -0.05) is 108 Å². The van der Waals surface area contributed by atoms with E-state index < -0.39 is 0 Å². The molecule has 4 heterocycles. The predicted octanol–water partition coefficient (Wildman–Crippen LogP) is 11.8. The van der Waals surface area contributed by atoms with Crippen LogP contribution in [0.15, 0.2) is 126 Å². The zero-order valence-electron chi connectivity index (χ0n) is 28.2. The molecule has 2 nitrogen and oxygen atoms in total. The number of para-hydroxylation sites is 3. The number of fused-ring (bicyclic) bond motifs is 3. The normalized spacial score (nSPS) is 19.2. The summed E-state index contributed by atoms with van der Waals surface area (Å²) in [7, 11) is 0. The molecule has 0 bridgehead atoms. The fraction of sp³-hybridized carbons (Fsp3) is 0.244. The smallest absolute Gasteiger partial charge is 0.0544 e. The van der Waals surface area contributed by atoms with Crippen LogP contribution in [-0.4, -0.2) is 4.57 Å². The topological polar surface area (TPSA) is 8.17 Å². The van der Waals surface area contributed by atoms with Crippen molar-refractivity contribution in [1.29, 1.82) is 0 Å².